The molecule has 0 rings (SSSR count). The van der Waals surface area contributed by atoms with Crippen LogP contribution in [0.5, 0.6) is 0 Å². The van der Waals surface area contributed by atoms with Crippen LogP contribution in [0, 0.1) is 23.7 Å². The second-order valence-corrected chi connectivity index (χ2v) is 23.0. The Labute approximate surface area is 511 Å². The van der Waals surface area contributed by atoms with Gasteiger partial charge in [-0.2, -0.15) is 8.42 Å². The van der Waals surface area contributed by atoms with E-state index in [4.69, 9.17) is 15.7 Å². The molecule has 16 atom stereocenters. The van der Waals surface area contributed by atoms with Crippen molar-refractivity contribution in [3.05, 3.63) is 146 Å². The molecule has 0 saturated carbocycles. The second kappa shape index (κ2) is 47.9. The lowest BCUT2D eigenvalue weighted by molar-refractivity contribution is -0.127. The molecule has 22 heteroatoms. The first-order chi connectivity index (χ1) is 40.6. The van der Waals surface area contributed by atoms with Gasteiger partial charge in [-0.25, -0.2) is 4.18 Å². The highest BCUT2D eigenvalue weighted by molar-refractivity contribution is 7.80. The number of unbranched alkanes of at least 4 members (excludes halogenated alkanes) is 1. The number of aliphatic hydroxyl groups excluding tert-OH is 11. The number of hydrogen-bond acceptors (Lipinski definition) is 18. The zero-order chi connectivity index (χ0) is 65.0. The number of ketones is 1. The van der Waals surface area contributed by atoms with Crippen LogP contribution in [-0.4, -0.2) is 173 Å². The van der Waals surface area contributed by atoms with E-state index < -0.39 is 114 Å². The Morgan fingerprint density at radius 1 is 0.570 bits per heavy atom. The van der Waals surface area contributed by atoms with Crippen molar-refractivity contribution < 1.29 is 82.9 Å². The van der Waals surface area contributed by atoms with E-state index in [1.165, 1.54) is 37.3 Å². The van der Waals surface area contributed by atoms with Gasteiger partial charge in [0.2, 0.25) is 5.91 Å². The van der Waals surface area contributed by atoms with Gasteiger partial charge in [0.15, 0.2) is 5.96 Å². The minimum atomic E-state index is -4.95. The maximum atomic E-state index is 13.1. The summed E-state index contributed by atoms with van der Waals surface area (Å²) in [7, 11) is -4.95. The fourth-order valence-corrected chi connectivity index (χ4v) is 8.86. The van der Waals surface area contributed by atoms with Gasteiger partial charge in [-0.15, -0.1) is 0 Å². The van der Waals surface area contributed by atoms with Crippen LogP contribution >= 0.6 is 0 Å². The number of carbonyl (C=O) groups is 2. The van der Waals surface area contributed by atoms with E-state index >= 15 is 0 Å². The molecule has 0 saturated heterocycles. The van der Waals surface area contributed by atoms with Gasteiger partial charge in [-0.3, -0.25) is 24.5 Å². The van der Waals surface area contributed by atoms with Gasteiger partial charge in [0.25, 0.3) is 0 Å². The zero-order valence-electron chi connectivity index (χ0n) is 50.8. The lowest BCUT2D eigenvalue weighted by atomic mass is 9.88. The molecular formula is C64H104N4O17S. The summed E-state index contributed by atoms with van der Waals surface area (Å²) in [6, 6.07) is -0.721. The highest BCUT2D eigenvalue weighted by Crippen LogP contribution is 2.21. The van der Waals surface area contributed by atoms with Gasteiger partial charge in [0, 0.05) is 50.0 Å². The van der Waals surface area contributed by atoms with Crippen LogP contribution in [-0.2, 0) is 24.2 Å². The number of amides is 1. The lowest BCUT2D eigenvalue weighted by Gasteiger charge is -2.25. The average molecular weight is 1230 g/mol. The Balaban J connectivity index is 4.75. The van der Waals surface area contributed by atoms with Crippen molar-refractivity contribution in [1.82, 2.24) is 5.32 Å². The van der Waals surface area contributed by atoms with Crippen LogP contribution in [0.2, 0.25) is 0 Å². The fraction of sp³-hybridized carbons (Fsp3) is 0.578. The van der Waals surface area contributed by atoms with Crippen molar-refractivity contribution >= 4 is 28.0 Å². The van der Waals surface area contributed by atoms with Gasteiger partial charge >= 0.3 is 10.4 Å². The molecule has 0 fully saturated rings. The molecule has 0 aromatic carbocycles. The quantitative estimate of drug-likeness (QED) is 0.00971. The summed E-state index contributed by atoms with van der Waals surface area (Å²) in [6.07, 6.45) is 27.8. The lowest BCUT2D eigenvalue weighted by Crippen LogP contribution is -2.48. The number of hydrogen-bond donors (Lipinski definition) is 15. The largest absolute Gasteiger partial charge is 0.397 e. The number of carbonyl (C=O) groups excluding carboxylic acids is 2. The first kappa shape index (κ1) is 80.9. The molecule has 86 heavy (non-hydrogen) atoms. The third-order valence-corrected chi connectivity index (χ3v) is 14.1. The first-order valence-electron chi connectivity index (χ1n) is 29.5. The Morgan fingerprint density at radius 2 is 1.05 bits per heavy atom. The Kier molecular flexibility index (Phi) is 45.0. The fourth-order valence-electron chi connectivity index (χ4n) is 8.30. The van der Waals surface area contributed by atoms with Gasteiger partial charge in [-0.05, 0) is 70.1 Å². The normalized spacial score (nSPS) is 19.2. The van der Waals surface area contributed by atoms with Crippen molar-refractivity contribution in [1.29, 1.82) is 0 Å². The molecule has 0 aliphatic carbocycles. The monoisotopic (exact) mass is 1230 g/mol. The van der Waals surface area contributed by atoms with Crippen molar-refractivity contribution in [3.8, 4) is 0 Å². The van der Waals surface area contributed by atoms with Crippen molar-refractivity contribution in [2.45, 2.75) is 204 Å². The van der Waals surface area contributed by atoms with E-state index in [1.54, 1.807) is 106 Å². The van der Waals surface area contributed by atoms with Gasteiger partial charge in [0.05, 0.1) is 79.3 Å². The number of rotatable bonds is 47. The maximum Gasteiger partial charge on any atom is 0.397 e. The maximum absolute atomic E-state index is 13.1. The molecule has 0 aliphatic heterocycles. The van der Waals surface area contributed by atoms with Crippen LogP contribution in [0.25, 0.3) is 0 Å². The average Bonchev–Trinajstić information content (AvgIpc) is 3.64. The van der Waals surface area contributed by atoms with Crippen LogP contribution < -0.4 is 16.8 Å². The summed E-state index contributed by atoms with van der Waals surface area (Å²) in [4.78, 5) is 29.1. The van der Waals surface area contributed by atoms with Crippen molar-refractivity contribution in [2.24, 2.45) is 40.1 Å². The third kappa shape index (κ3) is 43.5. The van der Waals surface area contributed by atoms with Crippen molar-refractivity contribution in [2.75, 3.05) is 6.54 Å². The first-order valence-corrected chi connectivity index (χ1v) is 30.9. The topological polar surface area (TPSA) is 397 Å². The minimum Gasteiger partial charge on any atom is -0.393 e. The third-order valence-electron chi connectivity index (χ3n) is 13.6. The van der Waals surface area contributed by atoms with Gasteiger partial charge < -0.3 is 67.6 Å². The minimum absolute atomic E-state index is 0.00169. The summed E-state index contributed by atoms with van der Waals surface area (Å²) in [5.74, 6) is -2.75. The smallest absolute Gasteiger partial charge is 0.393 e. The van der Waals surface area contributed by atoms with E-state index in [0.717, 1.165) is 12.8 Å². The summed E-state index contributed by atoms with van der Waals surface area (Å²) in [5.41, 5.74) is 11.5. The predicted molar refractivity (Wildman–Crippen MR) is 338 cm³/mol. The predicted octanol–water partition coefficient (Wildman–Crippen LogP) is 4.80. The Hall–Kier alpha value is -5.12. The zero-order valence-corrected chi connectivity index (χ0v) is 51.6. The molecule has 0 aromatic rings. The standard InChI is InChI=1S/C64H104N4O17S/c1-7-8-9-10-18-21-28-46(4)62(80)48(6)58(78)36-22-19-16-14-12-11-13-15-17-20-23-37-60(85-86(82,83)84)47(5)59(79)44-57(77)43-54(74)34-26-33-53(73)42-56(76)41-52(72)32-25-31-50(70)39-49(69)29-24-30-51(71)40-55(75)35-27-38-67-64(66)68-63(81)61(65)45(2)3/h7-9,11-17,19-26,28-29,32,34,36,45-58,60-62,69-78,80H,1,10,18,27,30-31,33,35,37-44,65H2,2-6H3,(H,82,83,84)(H3,66,67,68,81). The summed E-state index contributed by atoms with van der Waals surface area (Å²) < 4.78 is 37.4. The Morgan fingerprint density at radius 3 is 1.57 bits per heavy atom. The van der Waals surface area contributed by atoms with E-state index in [-0.39, 0.29) is 88.0 Å². The molecular weight excluding hydrogens is 1130 g/mol. The number of guanidine groups is 1. The van der Waals surface area contributed by atoms with Crippen LogP contribution in [0.1, 0.15) is 125 Å². The molecule has 0 heterocycles. The molecule has 17 N–H and O–H groups in total. The molecule has 0 aliphatic rings. The van der Waals surface area contributed by atoms with Gasteiger partial charge in [0.1, 0.15) is 5.78 Å². The molecule has 16 unspecified atom stereocenters. The summed E-state index contributed by atoms with van der Waals surface area (Å²) in [5, 5.41) is 117. The van der Waals surface area contributed by atoms with Crippen LogP contribution in [0.4, 0.5) is 0 Å². The molecule has 0 aromatic heterocycles. The number of nitrogens with two attached hydrogens (primary N) is 2. The number of nitrogens with one attached hydrogen (secondary N) is 1. The molecule has 488 valence electrons. The van der Waals surface area contributed by atoms with Crippen molar-refractivity contribution in [3.63, 3.8) is 0 Å². The molecule has 0 spiro atoms. The second-order valence-electron chi connectivity index (χ2n) is 21.9. The van der Waals surface area contributed by atoms with E-state index in [2.05, 4.69) is 16.9 Å². The molecule has 21 nitrogen and oxygen atoms in total. The molecule has 1 amide bonds. The summed E-state index contributed by atoms with van der Waals surface area (Å²) >= 11 is 0. The SMILES string of the molecule is C=CC=CCCC=CC(C)C(O)C(C)C(O)C=CC=CC=CC=CC=CC=CCC(OS(=O)(=O)O)C(C)C(=O)CC(O)CC(O)C=CCC(O)CC(O)CC(O)C=CCC(O)CC(O)C=CCC(O)CC(O)CCCN=C(N)NC(=O)C(N)C(C)C. The van der Waals surface area contributed by atoms with Gasteiger partial charge in [-0.1, -0.05) is 181 Å². The number of aliphatic hydroxyl groups is 11. The number of Topliss-reactive ketones (excluding diaryl/α,β-unsaturated/α-hetero) is 1. The van der Waals surface area contributed by atoms with E-state index in [0.29, 0.717) is 12.8 Å². The van der Waals surface area contributed by atoms with E-state index in [9.17, 15) is 78.7 Å². The number of aliphatic imine (C=N–C) groups is 1. The van der Waals surface area contributed by atoms with Crippen LogP contribution in [0.3, 0.4) is 0 Å². The number of allylic oxidation sites excluding steroid dienone is 14. The highest BCUT2D eigenvalue weighted by atomic mass is 32.3. The summed E-state index contributed by atoms with van der Waals surface area (Å²) in [6.45, 7) is 12.6. The molecule has 0 bridgehead atoms. The van der Waals surface area contributed by atoms with E-state index in [1.807, 2.05) is 31.2 Å². The van der Waals surface area contributed by atoms with Crippen LogP contribution in [0.15, 0.2) is 151 Å². The Bertz CT molecular complexity index is 2360. The molecule has 0 radical (unpaired) electrons. The highest BCUT2D eigenvalue weighted by Gasteiger charge is 2.30. The number of nitrogens with zero attached hydrogens (tertiary/aromatic N) is 1.